The number of hydrogen-bond donors (Lipinski definition) is 2. The summed E-state index contributed by atoms with van der Waals surface area (Å²) in [7, 11) is 0. The van der Waals surface area contributed by atoms with E-state index in [4.69, 9.17) is 10.5 Å². The Labute approximate surface area is 83.5 Å². The number of aromatic hydroxyl groups is 1. The maximum absolute atomic E-state index is 9.68. The van der Waals surface area contributed by atoms with Gasteiger partial charge in [-0.1, -0.05) is 0 Å². The summed E-state index contributed by atoms with van der Waals surface area (Å²) in [6, 6.07) is 3.70. The smallest absolute Gasteiger partial charge is 0.123 e. The van der Waals surface area contributed by atoms with Crippen molar-refractivity contribution in [2.75, 3.05) is 6.54 Å². The highest BCUT2D eigenvalue weighted by Gasteiger charge is 2.20. The Morgan fingerprint density at radius 1 is 1.57 bits per heavy atom. The van der Waals surface area contributed by atoms with Crippen LogP contribution in [0.4, 0.5) is 0 Å². The lowest BCUT2D eigenvalue weighted by Gasteiger charge is -2.06. The fourth-order valence-corrected chi connectivity index (χ4v) is 1.85. The van der Waals surface area contributed by atoms with E-state index in [-0.39, 0.29) is 6.10 Å². The zero-order chi connectivity index (χ0) is 10.1. The van der Waals surface area contributed by atoms with Gasteiger partial charge in [0, 0.05) is 12.0 Å². The summed E-state index contributed by atoms with van der Waals surface area (Å²) in [5.41, 5.74) is 7.42. The van der Waals surface area contributed by atoms with Crippen LogP contribution in [0.15, 0.2) is 12.1 Å². The number of phenols is 1. The van der Waals surface area contributed by atoms with E-state index in [2.05, 4.69) is 0 Å². The highest BCUT2D eigenvalue weighted by atomic mass is 16.5. The van der Waals surface area contributed by atoms with Crippen LogP contribution >= 0.6 is 0 Å². The van der Waals surface area contributed by atoms with Gasteiger partial charge < -0.3 is 15.6 Å². The Hall–Kier alpha value is -1.22. The van der Waals surface area contributed by atoms with E-state index in [0.717, 1.165) is 23.3 Å². The van der Waals surface area contributed by atoms with E-state index >= 15 is 0 Å². The minimum atomic E-state index is 0.220. The van der Waals surface area contributed by atoms with Crippen molar-refractivity contribution in [2.45, 2.75) is 25.9 Å². The molecule has 3 heteroatoms. The van der Waals surface area contributed by atoms with E-state index in [9.17, 15) is 5.11 Å². The molecule has 0 aliphatic carbocycles. The molecular formula is C11H15NO2. The van der Waals surface area contributed by atoms with Gasteiger partial charge in [0.05, 0.1) is 0 Å². The van der Waals surface area contributed by atoms with Gasteiger partial charge in [0.25, 0.3) is 0 Å². The van der Waals surface area contributed by atoms with Crippen LogP contribution in [0, 0.1) is 0 Å². The predicted molar refractivity (Wildman–Crippen MR) is 54.7 cm³/mol. The summed E-state index contributed by atoms with van der Waals surface area (Å²) in [6.45, 7) is 2.57. The van der Waals surface area contributed by atoms with E-state index in [1.54, 1.807) is 6.07 Å². The van der Waals surface area contributed by atoms with Crippen molar-refractivity contribution in [3.63, 3.8) is 0 Å². The molecule has 1 aromatic rings. The number of benzene rings is 1. The van der Waals surface area contributed by atoms with E-state index in [1.165, 1.54) is 0 Å². The molecule has 1 aliphatic rings. The number of fused-ring (bicyclic) bond motifs is 1. The average molecular weight is 193 g/mol. The number of ether oxygens (including phenoxy) is 1. The van der Waals surface area contributed by atoms with Crippen molar-refractivity contribution in [1.82, 2.24) is 0 Å². The first-order chi connectivity index (χ1) is 6.70. The standard InChI is InChI=1S/C11H15NO2/c1-7-4-9-5-10(13)8(2-3-12)6-11(9)14-7/h5-7,13H,2-4,12H2,1H3. The molecule has 3 N–H and O–H groups in total. The van der Waals surface area contributed by atoms with Crippen LogP contribution in [0.3, 0.4) is 0 Å². The van der Waals surface area contributed by atoms with Crippen molar-refractivity contribution in [1.29, 1.82) is 0 Å². The molecule has 0 saturated carbocycles. The lowest BCUT2D eigenvalue weighted by Crippen LogP contribution is -2.05. The fraction of sp³-hybridized carbons (Fsp3) is 0.455. The van der Waals surface area contributed by atoms with Crippen LogP contribution in [0.25, 0.3) is 0 Å². The van der Waals surface area contributed by atoms with Gasteiger partial charge in [-0.2, -0.15) is 0 Å². The van der Waals surface area contributed by atoms with E-state index < -0.39 is 0 Å². The van der Waals surface area contributed by atoms with Crippen LogP contribution < -0.4 is 10.5 Å². The maximum atomic E-state index is 9.68. The minimum Gasteiger partial charge on any atom is -0.508 e. The highest BCUT2D eigenvalue weighted by Crippen LogP contribution is 2.34. The van der Waals surface area contributed by atoms with Crippen LogP contribution in [0.5, 0.6) is 11.5 Å². The fourth-order valence-electron chi connectivity index (χ4n) is 1.85. The number of phenolic OH excluding ortho intramolecular Hbond substituents is 1. The summed E-state index contributed by atoms with van der Waals surface area (Å²) in [5, 5.41) is 9.68. The van der Waals surface area contributed by atoms with Gasteiger partial charge in [-0.15, -0.1) is 0 Å². The lowest BCUT2D eigenvalue weighted by molar-refractivity contribution is 0.254. The van der Waals surface area contributed by atoms with Crippen LogP contribution in [0.2, 0.25) is 0 Å². The van der Waals surface area contributed by atoms with Gasteiger partial charge in [0.2, 0.25) is 0 Å². The van der Waals surface area contributed by atoms with Crippen LogP contribution in [-0.2, 0) is 12.8 Å². The Kier molecular flexibility index (Phi) is 2.33. The molecule has 3 nitrogen and oxygen atoms in total. The second kappa shape index (κ2) is 3.50. The van der Waals surface area contributed by atoms with Gasteiger partial charge >= 0.3 is 0 Å². The Balaban J connectivity index is 2.35. The van der Waals surface area contributed by atoms with Crippen LogP contribution in [-0.4, -0.2) is 17.8 Å². The third kappa shape index (κ3) is 1.55. The highest BCUT2D eigenvalue weighted by molar-refractivity contribution is 5.48. The minimum absolute atomic E-state index is 0.220. The molecule has 0 saturated heterocycles. The molecule has 1 heterocycles. The van der Waals surface area contributed by atoms with E-state index in [1.807, 2.05) is 13.0 Å². The Bertz CT molecular complexity index is 349. The number of nitrogens with two attached hydrogens (primary N) is 1. The first-order valence-electron chi connectivity index (χ1n) is 4.92. The molecule has 76 valence electrons. The molecule has 0 radical (unpaired) electrons. The van der Waals surface area contributed by atoms with E-state index in [0.29, 0.717) is 18.7 Å². The summed E-state index contributed by atoms with van der Waals surface area (Å²) < 4.78 is 5.60. The van der Waals surface area contributed by atoms with Gasteiger partial charge in [-0.3, -0.25) is 0 Å². The second-order valence-corrected chi connectivity index (χ2v) is 3.76. The first-order valence-corrected chi connectivity index (χ1v) is 4.92. The van der Waals surface area contributed by atoms with Gasteiger partial charge in [0.15, 0.2) is 0 Å². The molecule has 1 unspecified atom stereocenters. The molecule has 0 fully saturated rings. The van der Waals surface area contributed by atoms with Gasteiger partial charge in [0.1, 0.15) is 17.6 Å². The monoisotopic (exact) mass is 193 g/mol. The largest absolute Gasteiger partial charge is 0.508 e. The Morgan fingerprint density at radius 3 is 3.07 bits per heavy atom. The third-order valence-corrected chi connectivity index (χ3v) is 2.51. The lowest BCUT2D eigenvalue weighted by atomic mass is 10.0. The van der Waals surface area contributed by atoms with Crippen molar-refractivity contribution >= 4 is 0 Å². The van der Waals surface area contributed by atoms with Gasteiger partial charge in [-0.25, -0.2) is 0 Å². The average Bonchev–Trinajstić information content (AvgIpc) is 2.45. The van der Waals surface area contributed by atoms with Crippen molar-refractivity contribution in [2.24, 2.45) is 5.73 Å². The van der Waals surface area contributed by atoms with Crippen LogP contribution in [0.1, 0.15) is 18.1 Å². The molecule has 0 aromatic heterocycles. The zero-order valence-corrected chi connectivity index (χ0v) is 8.29. The molecule has 0 bridgehead atoms. The summed E-state index contributed by atoms with van der Waals surface area (Å²) in [5.74, 6) is 1.24. The zero-order valence-electron chi connectivity index (χ0n) is 8.29. The number of rotatable bonds is 2. The SMILES string of the molecule is CC1Cc2cc(O)c(CCN)cc2O1. The second-order valence-electron chi connectivity index (χ2n) is 3.76. The van der Waals surface area contributed by atoms with Crippen molar-refractivity contribution in [3.05, 3.63) is 23.3 Å². The molecule has 0 spiro atoms. The van der Waals surface area contributed by atoms with Crippen molar-refractivity contribution in [3.8, 4) is 11.5 Å². The molecule has 1 aromatic carbocycles. The first kappa shape index (κ1) is 9.34. The molecule has 14 heavy (non-hydrogen) atoms. The molecular weight excluding hydrogens is 178 g/mol. The summed E-state index contributed by atoms with van der Waals surface area (Å²) in [6.07, 6.45) is 1.79. The molecule has 0 amide bonds. The Morgan fingerprint density at radius 2 is 2.36 bits per heavy atom. The quantitative estimate of drug-likeness (QED) is 0.742. The number of hydrogen-bond acceptors (Lipinski definition) is 3. The molecule has 1 atom stereocenters. The predicted octanol–water partition coefficient (Wildman–Crippen LogP) is 1.22. The maximum Gasteiger partial charge on any atom is 0.123 e. The molecule has 1 aliphatic heterocycles. The summed E-state index contributed by atoms with van der Waals surface area (Å²) >= 11 is 0. The topological polar surface area (TPSA) is 55.5 Å². The third-order valence-electron chi connectivity index (χ3n) is 2.51. The van der Waals surface area contributed by atoms with Crippen molar-refractivity contribution < 1.29 is 9.84 Å². The normalized spacial score (nSPS) is 19.1. The summed E-state index contributed by atoms with van der Waals surface area (Å²) in [4.78, 5) is 0. The van der Waals surface area contributed by atoms with Gasteiger partial charge in [-0.05, 0) is 37.6 Å². The molecule has 2 rings (SSSR count).